The van der Waals surface area contributed by atoms with Gasteiger partial charge in [0.15, 0.2) is 5.69 Å². The molecule has 3 rings (SSSR count). The van der Waals surface area contributed by atoms with Crippen LogP contribution in [-0.4, -0.2) is 46.1 Å². The van der Waals surface area contributed by atoms with Crippen LogP contribution in [0.3, 0.4) is 0 Å². The third-order valence-electron chi connectivity index (χ3n) is 4.77. The Morgan fingerprint density at radius 3 is 2.49 bits per heavy atom. The van der Waals surface area contributed by atoms with Crippen molar-refractivity contribution in [1.29, 1.82) is 0 Å². The monoisotopic (exact) mass is 519 g/mol. The molecule has 1 atom stereocenters. The van der Waals surface area contributed by atoms with Crippen molar-refractivity contribution in [2.24, 2.45) is 5.73 Å². The van der Waals surface area contributed by atoms with Gasteiger partial charge in [0.25, 0.3) is 11.8 Å². The van der Waals surface area contributed by atoms with Crippen molar-refractivity contribution in [2.75, 3.05) is 18.9 Å². The Morgan fingerprint density at radius 1 is 1.20 bits per heavy atom. The number of thiophene rings is 1. The fraction of sp³-hybridized carbons (Fsp3) is 0.227. The Morgan fingerprint density at radius 2 is 1.91 bits per heavy atom. The van der Waals surface area contributed by atoms with Gasteiger partial charge in [-0.1, -0.05) is 18.2 Å². The molecule has 0 aliphatic rings. The first-order valence-electron chi connectivity index (χ1n) is 10.3. The van der Waals surface area contributed by atoms with Crippen LogP contribution in [0.5, 0.6) is 0 Å². The van der Waals surface area contributed by atoms with Crippen molar-refractivity contribution in [2.45, 2.75) is 19.5 Å². The predicted octanol–water partition coefficient (Wildman–Crippen LogP) is 2.09. The molecule has 0 saturated heterocycles. The predicted molar refractivity (Wildman–Crippen MR) is 128 cm³/mol. The number of amides is 3. The van der Waals surface area contributed by atoms with Crippen molar-refractivity contribution in [3.8, 4) is 0 Å². The minimum Gasteiger partial charge on any atom is -0.465 e. The lowest BCUT2D eigenvalue weighted by Gasteiger charge is -2.30. The summed E-state index contributed by atoms with van der Waals surface area (Å²) < 4.78 is 22.2. The van der Waals surface area contributed by atoms with Crippen LogP contribution in [0.4, 0.5) is 10.1 Å². The largest absolute Gasteiger partial charge is 0.465 e. The molecule has 0 unspecified atom stereocenters. The SMILES string of the molecule is CCOC(=O)CNC(=O)[C@@H](c1cccs1)N(Cc1ccc(F)cc1)C(=O)c1snc(C(N)=O)c1N. The van der Waals surface area contributed by atoms with E-state index in [9.17, 15) is 23.6 Å². The number of carbonyl (C=O) groups is 4. The zero-order valence-electron chi connectivity index (χ0n) is 18.5. The zero-order valence-corrected chi connectivity index (χ0v) is 20.2. The smallest absolute Gasteiger partial charge is 0.325 e. The molecule has 5 N–H and O–H groups in total. The number of nitrogens with two attached hydrogens (primary N) is 2. The summed E-state index contributed by atoms with van der Waals surface area (Å²) in [5, 5.41) is 4.23. The van der Waals surface area contributed by atoms with Crippen molar-refractivity contribution >= 4 is 52.2 Å². The van der Waals surface area contributed by atoms with Gasteiger partial charge >= 0.3 is 5.97 Å². The van der Waals surface area contributed by atoms with E-state index in [1.807, 2.05) is 0 Å². The van der Waals surface area contributed by atoms with E-state index in [1.165, 1.54) is 40.5 Å². The van der Waals surface area contributed by atoms with Crippen LogP contribution < -0.4 is 16.8 Å². The Balaban J connectivity index is 2.03. The zero-order chi connectivity index (χ0) is 25.5. The molecule has 0 bridgehead atoms. The fourth-order valence-electron chi connectivity index (χ4n) is 3.17. The van der Waals surface area contributed by atoms with Crippen LogP contribution in [0.2, 0.25) is 0 Å². The van der Waals surface area contributed by atoms with Gasteiger partial charge in [-0.05, 0) is 47.6 Å². The molecule has 35 heavy (non-hydrogen) atoms. The number of aromatic nitrogens is 1. The summed E-state index contributed by atoms with van der Waals surface area (Å²) in [6, 6.07) is 7.59. The topological polar surface area (TPSA) is 158 Å². The van der Waals surface area contributed by atoms with Crippen molar-refractivity contribution in [3.63, 3.8) is 0 Å². The number of hydrogen-bond donors (Lipinski definition) is 3. The first kappa shape index (κ1) is 25.8. The molecule has 0 aliphatic carbocycles. The van der Waals surface area contributed by atoms with Gasteiger partial charge in [0, 0.05) is 11.4 Å². The highest BCUT2D eigenvalue weighted by Crippen LogP contribution is 2.32. The number of benzene rings is 1. The molecule has 0 fully saturated rings. The second-order valence-electron chi connectivity index (χ2n) is 7.14. The van der Waals surface area contributed by atoms with E-state index >= 15 is 0 Å². The lowest BCUT2D eigenvalue weighted by Crippen LogP contribution is -2.44. The number of carbonyl (C=O) groups excluding carboxylic acids is 4. The maximum Gasteiger partial charge on any atom is 0.325 e. The third-order valence-corrected chi connectivity index (χ3v) is 6.54. The second-order valence-corrected chi connectivity index (χ2v) is 8.89. The van der Waals surface area contributed by atoms with E-state index in [0.717, 1.165) is 0 Å². The standard InChI is InChI=1S/C22H22FN5O5S2/c1-2-33-15(29)10-26-21(31)18(14-4-3-9-34-14)28(11-12-5-7-13(23)8-6-12)22(32)19-16(24)17(20(25)30)27-35-19/h3-9,18H,2,10-11,24H2,1H3,(H2,25,30)(H,26,31)/t18-/m1/s1. The van der Waals surface area contributed by atoms with Gasteiger partial charge < -0.3 is 26.4 Å². The van der Waals surface area contributed by atoms with E-state index in [4.69, 9.17) is 16.2 Å². The molecule has 13 heteroatoms. The Labute approximate surface area is 207 Å². The molecule has 3 amide bonds. The molecule has 2 heterocycles. The minimum absolute atomic E-state index is 0.0827. The summed E-state index contributed by atoms with van der Waals surface area (Å²) in [4.78, 5) is 52.0. The quantitative estimate of drug-likeness (QED) is 0.346. The Bertz CT molecular complexity index is 1210. The van der Waals surface area contributed by atoms with Crippen LogP contribution in [0.25, 0.3) is 0 Å². The van der Waals surface area contributed by atoms with Crippen LogP contribution in [0.1, 0.15) is 43.6 Å². The Hall–Kier alpha value is -3.84. The van der Waals surface area contributed by atoms with E-state index in [0.29, 0.717) is 22.0 Å². The van der Waals surface area contributed by atoms with Crippen LogP contribution in [0.15, 0.2) is 41.8 Å². The first-order chi connectivity index (χ1) is 16.7. The number of nitrogen functional groups attached to an aromatic ring is 1. The number of primary amides is 1. The van der Waals surface area contributed by atoms with Crippen molar-refractivity contribution < 1.29 is 28.3 Å². The molecule has 0 spiro atoms. The molecule has 10 nitrogen and oxygen atoms in total. The number of nitrogens with zero attached hydrogens (tertiary/aromatic N) is 2. The van der Waals surface area contributed by atoms with Gasteiger partial charge in [0.1, 0.15) is 23.3 Å². The summed E-state index contributed by atoms with van der Waals surface area (Å²) in [5.41, 5.74) is 11.3. The van der Waals surface area contributed by atoms with Crippen molar-refractivity contribution in [3.05, 3.63) is 68.6 Å². The van der Waals surface area contributed by atoms with Gasteiger partial charge in [-0.2, -0.15) is 4.37 Å². The average Bonchev–Trinajstić information content (AvgIpc) is 3.48. The number of ether oxygens (including phenoxy) is 1. The molecule has 0 radical (unpaired) electrons. The summed E-state index contributed by atoms with van der Waals surface area (Å²) >= 11 is 1.90. The van der Waals surface area contributed by atoms with Crippen LogP contribution in [0, 0.1) is 5.82 Å². The highest BCUT2D eigenvalue weighted by atomic mass is 32.1. The van der Waals surface area contributed by atoms with Gasteiger partial charge in [-0.3, -0.25) is 19.2 Å². The highest BCUT2D eigenvalue weighted by molar-refractivity contribution is 7.10. The molecular weight excluding hydrogens is 497 g/mol. The molecule has 0 aliphatic heterocycles. The molecule has 2 aromatic heterocycles. The van der Waals surface area contributed by atoms with E-state index in [2.05, 4.69) is 9.69 Å². The number of rotatable bonds is 10. The number of esters is 1. The second kappa shape index (κ2) is 11.5. The van der Waals surface area contributed by atoms with Gasteiger partial charge in [0.05, 0.1) is 12.3 Å². The number of nitrogens with one attached hydrogen (secondary N) is 1. The molecule has 0 saturated carbocycles. The maximum atomic E-state index is 13.7. The van der Waals surface area contributed by atoms with Gasteiger partial charge in [0.2, 0.25) is 5.91 Å². The maximum absolute atomic E-state index is 13.7. The van der Waals surface area contributed by atoms with Gasteiger partial charge in [-0.25, -0.2) is 4.39 Å². The molecule has 184 valence electrons. The number of anilines is 1. The average molecular weight is 520 g/mol. The lowest BCUT2D eigenvalue weighted by molar-refractivity contribution is -0.143. The van der Waals surface area contributed by atoms with E-state index < -0.39 is 42.1 Å². The summed E-state index contributed by atoms with van der Waals surface area (Å²) in [6.45, 7) is 1.27. The normalized spacial score (nSPS) is 11.5. The first-order valence-corrected chi connectivity index (χ1v) is 11.9. The molecular formula is C22H22FN5O5S2. The van der Waals surface area contributed by atoms with Gasteiger partial charge in [-0.15, -0.1) is 11.3 Å². The van der Waals surface area contributed by atoms with Crippen molar-refractivity contribution in [1.82, 2.24) is 14.6 Å². The van der Waals surface area contributed by atoms with Crippen LogP contribution in [-0.2, 0) is 20.9 Å². The lowest BCUT2D eigenvalue weighted by atomic mass is 10.1. The van der Waals surface area contributed by atoms with E-state index in [1.54, 1.807) is 24.4 Å². The summed E-state index contributed by atoms with van der Waals surface area (Å²) in [7, 11) is 0. The molecule has 3 aromatic rings. The Kier molecular flexibility index (Phi) is 8.49. The van der Waals surface area contributed by atoms with Crippen LogP contribution >= 0.6 is 22.9 Å². The third kappa shape index (κ3) is 6.19. The highest BCUT2D eigenvalue weighted by Gasteiger charge is 2.35. The van der Waals surface area contributed by atoms with E-state index in [-0.39, 0.29) is 29.4 Å². The fourth-order valence-corrected chi connectivity index (χ4v) is 4.76. The molecule has 1 aromatic carbocycles. The minimum atomic E-state index is -1.18. The summed E-state index contributed by atoms with van der Waals surface area (Å²) in [6.07, 6.45) is 0. The number of hydrogen-bond acceptors (Lipinski definition) is 9. The number of halogens is 1. The summed E-state index contributed by atoms with van der Waals surface area (Å²) in [5.74, 6) is -3.34.